The van der Waals surface area contributed by atoms with Crippen molar-refractivity contribution in [2.75, 3.05) is 26.7 Å². The van der Waals surface area contributed by atoms with E-state index in [1.165, 1.54) is 5.56 Å². The molecule has 0 saturated carbocycles. The molecular formula is C11H17ClN2O. The summed E-state index contributed by atoms with van der Waals surface area (Å²) in [4.78, 5) is 5.35. The Morgan fingerprint density at radius 1 is 1.33 bits per heavy atom. The third kappa shape index (κ3) is 2.92. The van der Waals surface area contributed by atoms with Gasteiger partial charge in [-0.15, -0.1) is 12.4 Å². The Balaban J connectivity index is 0.00000112. The van der Waals surface area contributed by atoms with Gasteiger partial charge in [-0.25, -0.2) is 0 Å². The molecule has 2 rings (SSSR count). The molecule has 1 aromatic carbocycles. The minimum absolute atomic E-state index is 0. The Bertz CT molecular complexity index is 281. The summed E-state index contributed by atoms with van der Waals surface area (Å²) in [5.74, 6) is 0. The van der Waals surface area contributed by atoms with Gasteiger partial charge in [-0.2, -0.15) is 5.06 Å². The number of halogens is 1. The molecule has 0 bridgehead atoms. The van der Waals surface area contributed by atoms with Gasteiger partial charge < -0.3 is 10.2 Å². The zero-order chi connectivity index (χ0) is 9.80. The molecule has 0 radical (unpaired) electrons. The number of hydroxylamine groups is 2. The number of rotatable bonds is 2. The SMILES string of the molecule is CON1CCNCC1c1ccccc1.Cl. The monoisotopic (exact) mass is 228 g/mol. The average molecular weight is 229 g/mol. The molecular weight excluding hydrogens is 212 g/mol. The van der Waals surface area contributed by atoms with Gasteiger partial charge in [0.1, 0.15) is 0 Å². The van der Waals surface area contributed by atoms with Crippen LogP contribution in [0.15, 0.2) is 30.3 Å². The van der Waals surface area contributed by atoms with E-state index in [0.29, 0.717) is 6.04 Å². The van der Waals surface area contributed by atoms with Crippen molar-refractivity contribution in [2.45, 2.75) is 6.04 Å². The Labute approximate surface area is 96.8 Å². The second kappa shape index (κ2) is 6.08. The quantitative estimate of drug-likeness (QED) is 0.833. The van der Waals surface area contributed by atoms with Crippen LogP contribution in [0.4, 0.5) is 0 Å². The molecule has 1 N–H and O–H groups in total. The first kappa shape index (κ1) is 12.5. The number of piperazine rings is 1. The average Bonchev–Trinajstić information content (AvgIpc) is 2.30. The highest BCUT2D eigenvalue weighted by Gasteiger charge is 2.23. The molecule has 1 unspecified atom stereocenters. The number of benzene rings is 1. The molecule has 1 aliphatic heterocycles. The minimum Gasteiger partial charge on any atom is -0.313 e. The Morgan fingerprint density at radius 2 is 2.07 bits per heavy atom. The summed E-state index contributed by atoms with van der Waals surface area (Å²) in [6.07, 6.45) is 0. The van der Waals surface area contributed by atoms with Crippen molar-refractivity contribution < 1.29 is 4.84 Å². The maximum Gasteiger partial charge on any atom is 0.0726 e. The fourth-order valence-corrected chi connectivity index (χ4v) is 1.86. The van der Waals surface area contributed by atoms with Crippen LogP contribution in [0.2, 0.25) is 0 Å². The van der Waals surface area contributed by atoms with Crippen molar-refractivity contribution in [3.63, 3.8) is 0 Å². The lowest BCUT2D eigenvalue weighted by Crippen LogP contribution is -2.45. The number of hydrogen-bond acceptors (Lipinski definition) is 3. The van der Waals surface area contributed by atoms with E-state index in [-0.39, 0.29) is 12.4 Å². The van der Waals surface area contributed by atoms with Crippen LogP contribution in [0.5, 0.6) is 0 Å². The van der Waals surface area contributed by atoms with Gasteiger partial charge >= 0.3 is 0 Å². The maximum atomic E-state index is 5.35. The van der Waals surface area contributed by atoms with E-state index < -0.39 is 0 Å². The van der Waals surface area contributed by atoms with E-state index in [2.05, 4.69) is 29.6 Å². The second-order valence-corrected chi connectivity index (χ2v) is 3.45. The summed E-state index contributed by atoms with van der Waals surface area (Å²) in [7, 11) is 1.74. The van der Waals surface area contributed by atoms with Gasteiger partial charge in [0, 0.05) is 19.6 Å². The number of nitrogens with one attached hydrogen (secondary N) is 1. The van der Waals surface area contributed by atoms with Crippen LogP contribution in [-0.2, 0) is 4.84 Å². The molecule has 1 atom stereocenters. The first-order valence-electron chi connectivity index (χ1n) is 4.98. The Hall–Kier alpha value is -0.610. The molecule has 4 heteroatoms. The van der Waals surface area contributed by atoms with Crippen molar-refractivity contribution in [3.05, 3.63) is 35.9 Å². The summed E-state index contributed by atoms with van der Waals surface area (Å²) in [5.41, 5.74) is 1.31. The molecule has 1 aliphatic rings. The standard InChI is InChI=1S/C11H16N2O.ClH/c1-14-13-8-7-12-9-11(13)10-5-3-2-4-6-10;/h2-6,11-12H,7-9H2,1H3;1H. The molecule has 0 amide bonds. The van der Waals surface area contributed by atoms with Gasteiger partial charge in [0.15, 0.2) is 0 Å². The maximum absolute atomic E-state index is 5.35. The predicted octanol–water partition coefficient (Wildman–Crippen LogP) is 1.62. The lowest BCUT2D eigenvalue weighted by Gasteiger charge is -2.34. The molecule has 0 aliphatic carbocycles. The molecule has 84 valence electrons. The highest BCUT2D eigenvalue weighted by atomic mass is 35.5. The molecule has 3 nitrogen and oxygen atoms in total. The van der Waals surface area contributed by atoms with Crippen LogP contribution in [0, 0.1) is 0 Å². The zero-order valence-electron chi connectivity index (χ0n) is 8.85. The molecule has 1 saturated heterocycles. The van der Waals surface area contributed by atoms with E-state index in [1.807, 2.05) is 11.1 Å². The van der Waals surface area contributed by atoms with Gasteiger partial charge in [0.25, 0.3) is 0 Å². The summed E-state index contributed by atoms with van der Waals surface area (Å²) in [5, 5.41) is 5.41. The Morgan fingerprint density at radius 3 is 2.73 bits per heavy atom. The third-order valence-corrected chi connectivity index (χ3v) is 2.61. The van der Waals surface area contributed by atoms with Crippen molar-refractivity contribution in [1.82, 2.24) is 10.4 Å². The van der Waals surface area contributed by atoms with Gasteiger partial charge in [-0.1, -0.05) is 30.3 Å². The summed E-state index contributed by atoms with van der Waals surface area (Å²) in [6.45, 7) is 2.89. The first-order chi connectivity index (χ1) is 6.92. The van der Waals surface area contributed by atoms with Gasteiger partial charge in [0.05, 0.1) is 13.2 Å². The smallest absolute Gasteiger partial charge is 0.0726 e. The van der Waals surface area contributed by atoms with Crippen molar-refractivity contribution in [2.24, 2.45) is 0 Å². The lowest BCUT2D eigenvalue weighted by molar-refractivity contribution is -0.171. The molecule has 1 heterocycles. The summed E-state index contributed by atoms with van der Waals surface area (Å²) < 4.78 is 0. The zero-order valence-corrected chi connectivity index (χ0v) is 9.67. The molecule has 0 spiro atoms. The van der Waals surface area contributed by atoms with E-state index in [1.54, 1.807) is 7.11 Å². The molecule has 15 heavy (non-hydrogen) atoms. The normalized spacial score (nSPS) is 22.1. The van der Waals surface area contributed by atoms with Crippen molar-refractivity contribution >= 4 is 12.4 Å². The van der Waals surface area contributed by atoms with E-state index in [9.17, 15) is 0 Å². The third-order valence-electron chi connectivity index (χ3n) is 2.61. The van der Waals surface area contributed by atoms with Crippen LogP contribution >= 0.6 is 12.4 Å². The fourth-order valence-electron chi connectivity index (χ4n) is 1.86. The molecule has 1 fully saturated rings. The van der Waals surface area contributed by atoms with Crippen molar-refractivity contribution in [1.29, 1.82) is 0 Å². The van der Waals surface area contributed by atoms with Crippen LogP contribution in [0.25, 0.3) is 0 Å². The highest BCUT2D eigenvalue weighted by Crippen LogP contribution is 2.21. The van der Waals surface area contributed by atoms with Crippen LogP contribution in [-0.4, -0.2) is 31.8 Å². The topological polar surface area (TPSA) is 24.5 Å². The Kier molecular flexibility index (Phi) is 5.05. The number of nitrogens with zero attached hydrogens (tertiary/aromatic N) is 1. The molecule has 0 aromatic heterocycles. The largest absolute Gasteiger partial charge is 0.313 e. The van der Waals surface area contributed by atoms with E-state index in [0.717, 1.165) is 19.6 Å². The van der Waals surface area contributed by atoms with Crippen molar-refractivity contribution in [3.8, 4) is 0 Å². The minimum atomic E-state index is 0. The second-order valence-electron chi connectivity index (χ2n) is 3.45. The summed E-state index contributed by atoms with van der Waals surface area (Å²) >= 11 is 0. The first-order valence-corrected chi connectivity index (χ1v) is 4.98. The van der Waals surface area contributed by atoms with Crippen LogP contribution < -0.4 is 5.32 Å². The van der Waals surface area contributed by atoms with Gasteiger partial charge in [-0.3, -0.25) is 0 Å². The van der Waals surface area contributed by atoms with Crippen LogP contribution in [0.1, 0.15) is 11.6 Å². The number of hydrogen-bond donors (Lipinski definition) is 1. The highest BCUT2D eigenvalue weighted by molar-refractivity contribution is 5.85. The van der Waals surface area contributed by atoms with Gasteiger partial charge in [-0.05, 0) is 5.56 Å². The molecule has 1 aromatic rings. The fraction of sp³-hybridized carbons (Fsp3) is 0.455. The summed E-state index contributed by atoms with van der Waals surface area (Å²) in [6, 6.07) is 10.8. The predicted molar refractivity (Wildman–Crippen MR) is 63.0 cm³/mol. The van der Waals surface area contributed by atoms with Gasteiger partial charge in [0.2, 0.25) is 0 Å². The van der Waals surface area contributed by atoms with Crippen LogP contribution in [0.3, 0.4) is 0 Å². The lowest BCUT2D eigenvalue weighted by atomic mass is 10.1. The van der Waals surface area contributed by atoms with E-state index in [4.69, 9.17) is 4.84 Å². The van der Waals surface area contributed by atoms with E-state index >= 15 is 0 Å².